The number of aliphatic hydroxyl groups excluding tert-OH is 5. The van der Waals surface area contributed by atoms with Gasteiger partial charge in [0.25, 0.3) is 11.8 Å². The number of aromatic amines is 1. The van der Waals surface area contributed by atoms with Crippen LogP contribution in [0.15, 0.2) is 54.6 Å². The number of phenolic OH excluding ortho intramolecular Hbond substituents is 2. The molecule has 15 nitrogen and oxygen atoms in total. The molecule has 0 saturated carbocycles. The van der Waals surface area contributed by atoms with Gasteiger partial charge in [0.1, 0.15) is 42.5 Å². The number of fused-ring (bicyclic) bond motifs is 10. The van der Waals surface area contributed by atoms with Crippen molar-refractivity contribution in [1.29, 1.82) is 0 Å². The smallest absolute Gasteiger partial charge is 0.286 e. The van der Waals surface area contributed by atoms with E-state index in [1.807, 2.05) is 0 Å². The molecule has 5 atom stereocenters. The zero-order chi connectivity index (χ0) is 33.6. The number of hydrogen-bond donors (Lipinski definition) is 8. The van der Waals surface area contributed by atoms with Crippen LogP contribution >= 0.6 is 0 Å². The quantitative estimate of drug-likeness (QED) is 0.119. The number of aromatic hydroxyl groups is 2. The van der Waals surface area contributed by atoms with Crippen LogP contribution in [0.4, 0.5) is 0 Å². The SMILES string of the molecule is O=C1c2c(c3c4ccc(O)cc4n(C4OC(CO)C(O)C(O)C4O)c3c3[nH]c4cc(O)ccc4c23)C(=O)N1OCc1cccc(CO)n1. The molecule has 2 amide bonds. The highest BCUT2D eigenvalue weighted by Crippen LogP contribution is 2.48. The second-order valence-corrected chi connectivity index (χ2v) is 11.8. The summed E-state index contributed by atoms with van der Waals surface area (Å²) in [4.78, 5) is 41.7. The Morgan fingerprint density at radius 3 is 2.25 bits per heavy atom. The number of hydroxylamine groups is 2. The molecule has 2 aliphatic rings. The average Bonchev–Trinajstić information content (AvgIpc) is 3.69. The van der Waals surface area contributed by atoms with Crippen LogP contribution in [0.25, 0.3) is 43.6 Å². The van der Waals surface area contributed by atoms with Crippen LogP contribution in [0.1, 0.15) is 38.3 Å². The molecule has 48 heavy (non-hydrogen) atoms. The Kier molecular flexibility index (Phi) is 6.90. The highest BCUT2D eigenvalue weighted by molar-refractivity contribution is 6.39. The molecule has 0 spiro atoms. The van der Waals surface area contributed by atoms with Crippen molar-refractivity contribution < 1.29 is 54.9 Å². The summed E-state index contributed by atoms with van der Waals surface area (Å²) in [5.74, 6) is -1.85. The predicted molar refractivity (Wildman–Crippen MR) is 167 cm³/mol. The fourth-order valence-corrected chi connectivity index (χ4v) is 6.90. The van der Waals surface area contributed by atoms with Crippen molar-refractivity contribution in [3.63, 3.8) is 0 Å². The van der Waals surface area contributed by atoms with Crippen LogP contribution < -0.4 is 0 Å². The number of imide groups is 1. The number of hydrogen-bond acceptors (Lipinski definition) is 12. The number of H-pyrrole nitrogens is 1. The molecule has 1 fully saturated rings. The van der Waals surface area contributed by atoms with E-state index in [0.717, 1.165) is 0 Å². The summed E-state index contributed by atoms with van der Waals surface area (Å²) in [6.45, 7) is -1.30. The van der Waals surface area contributed by atoms with Gasteiger partial charge in [0.2, 0.25) is 0 Å². The lowest BCUT2D eigenvalue weighted by atomic mass is 9.96. The molecule has 1 saturated heterocycles. The molecule has 5 heterocycles. The number of ether oxygens (including phenoxy) is 1. The van der Waals surface area contributed by atoms with E-state index in [9.17, 15) is 45.3 Å². The first-order chi connectivity index (χ1) is 23.1. The number of pyridine rings is 1. The molecule has 8 N–H and O–H groups in total. The van der Waals surface area contributed by atoms with Gasteiger partial charge in [-0.1, -0.05) is 6.07 Å². The summed E-state index contributed by atoms with van der Waals surface area (Å²) in [7, 11) is 0. The maximum atomic E-state index is 14.3. The summed E-state index contributed by atoms with van der Waals surface area (Å²) in [6, 6.07) is 13.6. The van der Waals surface area contributed by atoms with Gasteiger partial charge in [-0.05, 0) is 36.4 Å². The predicted octanol–water partition coefficient (Wildman–Crippen LogP) is 1.43. The summed E-state index contributed by atoms with van der Waals surface area (Å²) in [5, 5.41) is 74.8. The van der Waals surface area contributed by atoms with Gasteiger partial charge in [-0.3, -0.25) is 19.4 Å². The highest BCUT2D eigenvalue weighted by Gasteiger charge is 2.47. The molecule has 0 radical (unpaired) electrons. The maximum Gasteiger partial charge on any atom is 0.286 e. The standard InChI is InChI=1S/C33H28N4O11/c38-10-13-2-1-3-14(34-13)12-47-37-31(45)24-22-17-6-4-15(40)8-19(17)35-26(22)27-23(25(24)32(37)46)18-7-5-16(41)9-20(18)36(27)33-30(44)29(43)28(42)21(11-39)48-33/h1-9,21,28-30,33,35,38-44H,10-12H2. The van der Waals surface area contributed by atoms with Crippen LogP contribution in [-0.2, 0) is 22.8 Å². The molecular formula is C33H28N4O11. The molecule has 3 aromatic heterocycles. The van der Waals surface area contributed by atoms with Crippen molar-refractivity contribution in [2.45, 2.75) is 43.9 Å². The fourth-order valence-electron chi connectivity index (χ4n) is 6.90. The first-order valence-corrected chi connectivity index (χ1v) is 15.0. The van der Waals surface area contributed by atoms with Crippen LogP contribution in [-0.4, -0.2) is 98.2 Å². The number of nitrogens with zero attached hydrogens (tertiary/aromatic N) is 3. The lowest BCUT2D eigenvalue weighted by molar-refractivity contribution is -0.249. The minimum absolute atomic E-state index is 0.00237. The Morgan fingerprint density at radius 2 is 1.52 bits per heavy atom. The average molecular weight is 657 g/mol. The second kappa shape index (κ2) is 11.0. The topological polar surface area (TPSA) is 231 Å². The zero-order valence-electron chi connectivity index (χ0n) is 24.8. The number of aromatic nitrogens is 3. The van der Waals surface area contributed by atoms with Gasteiger partial charge >= 0.3 is 0 Å². The third-order valence-electron chi connectivity index (χ3n) is 9.04. The number of aliphatic hydroxyl groups is 5. The molecule has 8 rings (SSSR count). The van der Waals surface area contributed by atoms with E-state index in [2.05, 4.69) is 9.97 Å². The van der Waals surface area contributed by atoms with E-state index in [0.29, 0.717) is 32.7 Å². The summed E-state index contributed by atoms with van der Waals surface area (Å²) in [6.07, 6.45) is -7.90. The van der Waals surface area contributed by atoms with E-state index in [1.54, 1.807) is 24.3 Å². The number of benzene rings is 3. The molecule has 15 heteroatoms. The third-order valence-corrected chi connectivity index (χ3v) is 9.04. The maximum absolute atomic E-state index is 14.3. The van der Waals surface area contributed by atoms with E-state index in [1.165, 1.54) is 34.9 Å². The summed E-state index contributed by atoms with van der Waals surface area (Å²) in [5.41, 5.74) is 1.82. The van der Waals surface area contributed by atoms with Gasteiger partial charge in [0.05, 0.1) is 57.8 Å². The largest absolute Gasteiger partial charge is 0.508 e. The second-order valence-electron chi connectivity index (χ2n) is 11.8. The Balaban J connectivity index is 1.43. The molecule has 2 aliphatic heterocycles. The summed E-state index contributed by atoms with van der Waals surface area (Å²) >= 11 is 0. The highest BCUT2D eigenvalue weighted by atomic mass is 16.7. The van der Waals surface area contributed by atoms with Crippen LogP contribution in [0.5, 0.6) is 11.5 Å². The van der Waals surface area contributed by atoms with Gasteiger partial charge in [0.15, 0.2) is 6.23 Å². The van der Waals surface area contributed by atoms with E-state index in [-0.39, 0.29) is 63.2 Å². The third kappa shape index (κ3) is 4.23. The van der Waals surface area contributed by atoms with Crippen molar-refractivity contribution in [2.75, 3.05) is 6.61 Å². The number of carbonyl (C=O) groups is 2. The van der Waals surface area contributed by atoms with Crippen molar-refractivity contribution in [2.24, 2.45) is 0 Å². The number of phenols is 2. The molecule has 5 unspecified atom stereocenters. The lowest BCUT2D eigenvalue weighted by Crippen LogP contribution is -2.56. The van der Waals surface area contributed by atoms with Crippen LogP contribution in [0, 0.1) is 0 Å². The molecule has 6 aromatic rings. The van der Waals surface area contributed by atoms with Gasteiger partial charge < -0.3 is 50.0 Å². The number of nitrogens with one attached hydrogen (secondary N) is 1. The van der Waals surface area contributed by atoms with Gasteiger partial charge in [-0.25, -0.2) is 0 Å². The van der Waals surface area contributed by atoms with Gasteiger partial charge in [0, 0.05) is 33.7 Å². The number of rotatable bonds is 6. The van der Waals surface area contributed by atoms with Crippen molar-refractivity contribution >= 4 is 55.4 Å². The minimum Gasteiger partial charge on any atom is -0.508 e. The molecular weight excluding hydrogens is 628 g/mol. The molecule has 0 aliphatic carbocycles. The molecule has 0 bridgehead atoms. The van der Waals surface area contributed by atoms with E-state index < -0.39 is 49.1 Å². The monoisotopic (exact) mass is 656 g/mol. The van der Waals surface area contributed by atoms with Crippen molar-refractivity contribution in [3.8, 4) is 11.5 Å². The van der Waals surface area contributed by atoms with Crippen molar-refractivity contribution in [3.05, 3.63) is 77.1 Å². The Hall–Kier alpha value is -5.13. The molecule has 3 aromatic carbocycles. The first-order valence-electron chi connectivity index (χ1n) is 15.0. The number of carbonyl (C=O) groups excluding carboxylic acids is 2. The Morgan fingerprint density at radius 1 is 0.833 bits per heavy atom. The Bertz CT molecular complexity index is 2310. The normalized spacial score (nSPS) is 22.9. The fraction of sp³-hybridized carbons (Fsp3) is 0.242. The van der Waals surface area contributed by atoms with Crippen molar-refractivity contribution in [1.82, 2.24) is 19.6 Å². The van der Waals surface area contributed by atoms with E-state index in [4.69, 9.17) is 9.57 Å². The lowest BCUT2D eigenvalue weighted by Gasteiger charge is -2.41. The Labute approximate surface area is 269 Å². The zero-order valence-corrected chi connectivity index (χ0v) is 24.8. The molecule has 246 valence electrons. The van der Waals surface area contributed by atoms with E-state index >= 15 is 0 Å². The van der Waals surface area contributed by atoms with Gasteiger partial charge in [-0.2, -0.15) is 0 Å². The minimum atomic E-state index is -1.75. The van der Waals surface area contributed by atoms with Crippen LogP contribution in [0.2, 0.25) is 0 Å². The number of amides is 2. The first kappa shape index (κ1) is 30.2. The van der Waals surface area contributed by atoms with Crippen LogP contribution in [0.3, 0.4) is 0 Å². The summed E-state index contributed by atoms with van der Waals surface area (Å²) < 4.78 is 7.41. The van der Waals surface area contributed by atoms with Gasteiger partial charge in [-0.15, -0.1) is 5.06 Å².